The molecule has 0 aliphatic carbocycles. The molecule has 1 aliphatic heterocycles. The van der Waals surface area contributed by atoms with Crippen LogP contribution >= 0.6 is 0 Å². The summed E-state index contributed by atoms with van der Waals surface area (Å²) in [6.07, 6.45) is 3.48. The van der Waals surface area contributed by atoms with E-state index in [1.807, 2.05) is 6.07 Å². The first-order valence-corrected chi connectivity index (χ1v) is 7.29. The van der Waals surface area contributed by atoms with Crippen LogP contribution in [0.1, 0.15) is 32.9 Å². The van der Waals surface area contributed by atoms with E-state index in [0.717, 1.165) is 11.2 Å². The number of anilines is 1. The van der Waals surface area contributed by atoms with E-state index >= 15 is 0 Å². The van der Waals surface area contributed by atoms with Crippen LogP contribution in [0, 0.1) is 0 Å². The number of hydrogen-bond donors (Lipinski definition) is 1. The molecule has 22 heavy (non-hydrogen) atoms. The molecule has 2 aromatic rings. The molecule has 0 saturated carbocycles. The van der Waals surface area contributed by atoms with E-state index in [1.165, 1.54) is 0 Å². The molecule has 0 spiro atoms. The number of nitrogens with two attached hydrogens (primary N) is 1. The van der Waals surface area contributed by atoms with Gasteiger partial charge in [-0.05, 0) is 6.07 Å². The molecule has 6 nitrogen and oxygen atoms in total. The molecular formula is C15H20FN5O. The molecule has 0 bridgehead atoms. The zero-order valence-corrected chi connectivity index (χ0v) is 13.0. The molecule has 7 heteroatoms. The van der Waals surface area contributed by atoms with Gasteiger partial charge in [0.05, 0.1) is 12.2 Å². The first kappa shape index (κ1) is 14.7. The molecule has 118 valence electrons. The van der Waals surface area contributed by atoms with Crippen molar-refractivity contribution in [1.82, 2.24) is 14.6 Å². The molecule has 3 heterocycles. The highest BCUT2D eigenvalue weighted by molar-refractivity contribution is 5.85. The summed E-state index contributed by atoms with van der Waals surface area (Å²) >= 11 is 0. The summed E-state index contributed by atoms with van der Waals surface area (Å²) in [7, 11) is 0. The minimum absolute atomic E-state index is 0.0644. The lowest BCUT2D eigenvalue weighted by molar-refractivity contribution is -0.128. The van der Waals surface area contributed by atoms with Gasteiger partial charge in [-0.2, -0.15) is 5.10 Å². The number of aromatic nitrogens is 3. The molecule has 1 fully saturated rings. The van der Waals surface area contributed by atoms with Crippen LogP contribution in [-0.2, 0) is 10.2 Å². The molecule has 1 atom stereocenters. The van der Waals surface area contributed by atoms with Crippen LogP contribution in [0.2, 0.25) is 0 Å². The largest absolute Gasteiger partial charge is 0.367 e. The fourth-order valence-electron chi connectivity index (χ4n) is 2.67. The summed E-state index contributed by atoms with van der Waals surface area (Å²) in [4.78, 5) is 17.4. The van der Waals surface area contributed by atoms with E-state index in [2.05, 4.69) is 30.9 Å². The highest BCUT2D eigenvalue weighted by Gasteiger charge is 2.44. The topological polar surface area (TPSA) is 76.5 Å². The Morgan fingerprint density at radius 3 is 2.77 bits per heavy atom. The van der Waals surface area contributed by atoms with Crippen molar-refractivity contribution in [3.05, 3.63) is 24.2 Å². The number of hydrogen-bond acceptors (Lipinski definition) is 4. The third kappa shape index (κ3) is 2.30. The molecule has 1 unspecified atom stereocenters. The van der Waals surface area contributed by atoms with Crippen molar-refractivity contribution in [2.75, 3.05) is 18.0 Å². The van der Waals surface area contributed by atoms with E-state index in [-0.39, 0.29) is 18.4 Å². The maximum atomic E-state index is 14.4. The van der Waals surface area contributed by atoms with Crippen molar-refractivity contribution in [3.8, 4) is 0 Å². The van der Waals surface area contributed by atoms with Crippen LogP contribution in [0.4, 0.5) is 10.2 Å². The van der Waals surface area contributed by atoms with Gasteiger partial charge in [-0.15, -0.1) is 0 Å². The Balaban J connectivity index is 2.02. The summed E-state index contributed by atoms with van der Waals surface area (Å²) in [5.74, 6) is -0.280. The Morgan fingerprint density at radius 1 is 1.45 bits per heavy atom. The Morgan fingerprint density at radius 2 is 2.18 bits per heavy atom. The van der Waals surface area contributed by atoms with Crippen LogP contribution < -0.4 is 10.6 Å². The molecule has 1 amide bonds. The monoisotopic (exact) mass is 305 g/mol. The first-order chi connectivity index (χ1) is 10.2. The lowest BCUT2D eigenvalue weighted by Gasteiger charge is -2.19. The Labute approximate surface area is 128 Å². The summed E-state index contributed by atoms with van der Waals surface area (Å²) in [5, 5.41) is 4.55. The zero-order chi connectivity index (χ0) is 16.1. The Hall–Kier alpha value is -2.18. The Kier molecular flexibility index (Phi) is 3.12. The molecular weight excluding hydrogens is 285 g/mol. The predicted molar refractivity (Wildman–Crippen MR) is 81.6 cm³/mol. The van der Waals surface area contributed by atoms with E-state index in [9.17, 15) is 9.18 Å². The Bertz CT molecular complexity index is 735. The van der Waals surface area contributed by atoms with Crippen LogP contribution in [-0.4, -0.2) is 39.3 Å². The second-order valence-corrected chi connectivity index (χ2v) is 6.86. The van der Waals surface area contributed by atoms with Crippen molar-refractivity contribution in [2.24, 2.45) is 5.73 Å². The normalized spacial score (nSPS) is 22.5. The fraction of sp³-hybridized carbons (Fsp3) is 0.533. The van der Waals surface area contributed by atoms with Gasteiger partial charge in [0.25, 0.3) is 5.91 Å². The number of amides is 1. The molecule has 1 saturated heterocycles. The molecule has 2 aromatic heterocycles. The molecule has 2 N–H and O–H groups in total. The van der Waals surface area contributed by atoms with Gasteiger partial charge in [-0.1, -0.05) is 20.8 Å². The quantitative estimate of drug-likeness (QED) is 0.910. The number of halogens is 1. The number of rotatable bonds is 2. The van der Waals surface area contributed by atoms with Gasteiger partial charge >= 0.3 is 0 Å². The van der Waals surface area contributed by atoms with Gasteiger partial charge in [0, 0.05) is 30.8 Å². The molecule has 3 rings (SSSR count). The van der Waals surface area contributed by atoms with E-state index < -0.39 is 11.6 Å². The van der Waals surface area contributed by atoms with Gasteiger partial charge in [0.1, 0.15) is 5.52 Å². The highest BCUT2D eigenvalue weighted by Crippen LogP contribution is 2.32. The van der Waals surface area contributed by atoms with Crippen LogP contribution in [0.15, 0.2) is 18.5 Å². The number of primary amides is 1. The summed E-state index contributed by atoms with van der Waals surface area (Å²) in [5.41, 5.74) is 4.83. The summed E-state index contributed by atoms with van der Waals surface area (Å²) in [6, 6.07) is 1.96. The zero-order valence-electron chi connectivity index (χ0n) is 13.0. The predicted octanol–water partition coefficient (Wildman–Crippen LogP) is 1.43. The summed E-state index contributed by atoms with van der Waals surface area (Å²) < 4.78 is 16.1. The van der Waals surface area contributed by atoms with Crippen molar-refractivity contribution in [1.29, 1.82) is 0 Å². The van der Waals surface area contributed by atoms with Crippen molar-refractivity contribution in [3.63, 3.8) is 0 Å². The average molecular weight is 305 g/mol. The minimum atomic E-state index is -1.98. The summed E-state index contributed by atoms with van der Waals surface area (Å²) in [6.45, 7) is 6.58. The second kappa shape index (κ2) is 4.66. The third-order valence-electron chi connectivity index (χ3n) is 4.10. The number of fused-ring (bicyclic) bond motifs is 1. The van der Waals surface area contributed by atoms with Crippen LogP contribution in [0.3, 0.4) is 0 Å². The third-order valence-corrected chi connectivity index (χ3v) is 4.10. The lowest BCUT2D eigenvalue weighted by atomic mass is 9.92. The van der Waals surface area contributed by atoms with Crippen LogP contribution in [0.5, 0.6) is 0 Å². The maximum absolute atomic E-state index is 14.4. The van der Waals surface area contributed by atoms with Gasteiger partial charge in [0.15, 0.2) is 5.82 Å². The van der Waals surface area contributed by atoms with Crippen molar-refractivity contribution >= 4 is 17.2 Å². The van der Waals surface area contributed by atoms with Crippen LogP contribution in [0.25, 0.3) is 5.52 Å². The van der Waals surface area contributed by atoms with E-state index in [4.69, 9.17) is 5.73 Å². The second-order valence-electron chi connectivity index (χ2n) is 6.86. The molecule has 0 radical (unpaired) electrons. The highest BCUT2D eigenvalue weighted by atomic mass is 19.1. The maximum Gasteiger partial charge on any atom is 0.257 e. The first-order valence-electron chi connectivity index (χ1n) is 7.29. The molecule has 1 aliphatic rings. The number of nitrogens with zero attached hydrogens (tertiary/aromatic N) is 4. The minimum Gasteiger partial charge on any atom is -0.367 e. The number of carbonyl (C=O) groups is 1. The number of alkyl halides is 1. The van der Waals surface area contributed by atoms with Gasteiger partial charge in [-0.3, -0.25) is 4.79 Å². The molecule has 0 aromatic carbocycles. The van der Waals surface area contributed by atoms with Gasteiger partial charge < -0.3 is 10.6 Å². The SMILES string of the molecule is CC(C)(C)c1cc2c(N3CCC(F)(C(N)=O)C3)nccn2n1. The van der Waals surface area contributed by atoms with Gasteiger partial charge in [-0.25, -0.2) is 13.9 Å². The van der Waals surface area contributed by atoms with Crippen molar-refractivity contribution in [2.45, 2.75) is 38.3 Å². The average Bonchev–Trinajstić information content (AvgIpc) is 3.02. The number of carbonyl (C=O) groups excluding carboxylic acids is 1. The standard InChI is InChI=1S/C15H20FN5O/c1-14(2,3)11-8-10-12(18-5-7-21(10)19-11)20-6-4-15(16,9-20)13(17)22/h5,7-8H,4,6,9H2,1-3H3,(H2,17,22). The lowest BCUT2D eigenvalue weighted by Crippen LogP contribution is -2.42. The van der Waals surface area contributed by atoms with E-state index in [0.29, 0.717) is 12.4 Å². The smallest absolute Gasteiger partial charge is 0.257 e. The fourth-order valence-corrected chi connectivity index (χ4v) is 2.67. The van der Waals surface area contributed by atoms with Crippen molar-refractivity contribution < 1.29 is 9.18 Å². The van der Waals surface area contributed by atoms with E-state index in [1.54, 1.807) is 21.8 Å². The van der Waals surface area contributed by atoms with Gasteiger partial charge in [0.2, 0.25) is 5.67 Å².